The van der Waals surface area contributed by atoms with Gasteiger partial charge in [0.25, 0.3) is 0 Å². The highest BCUT2D eigenvalue weighted by Crippen LogP contribution is 2.10. The molecule has 100 valence electrons. The highest BCUT2D eigenvalue weighted by molar-refractivity contribution is 5.90. The molecule has 0 fully saturated rings. The fraction of sp³-hybridized carbons (Fsp3) is 0.636. The zero-order chi connectivity index (χ0) is 13.9. The average molecular weight is 253 g/mol. The SMILES string of the molecule is CC(=O)NC(C)(C)C(=O)NC(C)c1nncn1C. The van der Waals surface area contributed by atoms with Crippen LogP contribution in [-0.2, 0) is 16.6 Å². The van der Waals surface area contributed by atoms with E-state index in [9.17, 15) is 9.59 Å². The Balaban J connectivity index is 2.70. The Kier molecular flexibility index (Phi) is 4.05. The van der Waals surface area contributed by atoms with E-state index in [1.165, 1.54) is 6.92 Å². The molecule has 0 aliphatic heterocycles. The van der Waals surface area contributed by atoms with Crippen LogP contribution in [0.15, 0.2) is 6.33 Å². The van der Waals surface area contributed by atoms with Crippen LogP contribution in [0, 0.1) is 0 Å². The van der Waals surface area contributed by atoms with Crippen molar-refractivity contribution < 1.29 is 9.59 Å². The standard InChI is InChI=1S/C11H19N5O2/c1-7(9-15-12-6-16(9)5)13-10(18)11(3,4)14-8(2)17/h6-7H,1-5H3,(H,13,18)(H,14,17). The number of rotatable bonds is 4. The molecule has 0 aromatic carbocycles. The maximum Gasteiger partial charge on any atom is 0.245 e. The number of aryl methyl sites for hydroxylation is 1. The summed E-state index contributed by atoms with van der Waals surface area (Å²) in [5, 5.41) is 13.1. The van der Waals surface area contributed by atoms with Crippen molar-refractivity contribution in [2.75, 3.05) is 0 Å². The molecule has 0 aliphatic rings. The van der Waals surface area contributed by atoms with Gasteiger partial charge in [-0.1, -0.05) is 0 Å². The lowest BCUT2D eigenvalue weighted by Crippen LogP contribution is -2.54. The molecule has 1 atom stereocenters. The van der Waals surface area contributed by atoms with E-state index in [1.54, 1.807) is 31.8 Å². The minimum absolute atomic E-state index is 0.249. The molecule has 2 N–H and O–H groups in total. The van der Waals surface area contributed by atoms with Gasteiger partial charge in [-0.2, -0.15) is 0 Å². The largest absolute Gasteiger partial charge is 0.344 e. The average Bonchev–Trinajstić information content (AvgIpc) is 2.62. The highest BCUT2D eigenvalue weighted by atomic mass is 16.2. The molecule has 0 radical (unpaired) electrons. The van der Waals surface area contributed by atoms with E-state index in [4.69, 9.17) is 0 Å². The van der Waals surface area contributed by atoms with Crippen molar-refractivity contribution in [3.05, 3.63) is 12.2 Å². The summed E-state index contributed by atoms with van der Waals surface area (Å²) in [5.41, 5.74) is -0.960. The van der Waals surface area contributed by atoms with Gasteiger partial charge in [-0.05, 0) is 20.8 Å². The smallest absolute Gasteiger partial charge is 0.245 e. The van der Waals surface area contributed by atoms with Gasteiger partial charge < -0.3 is 15.2 Å². The van der Waals surface area contributed by atoms with E-state index in [2.05, 4.69) is 20.8 Å². The van der Waals surface area contributed by atoms with Gasteiger partial charge >= 0.3 is 0 Å². The van der Waals surface area contributed by atoms with E-state index in [0.29, 0.717) is 5.82 Å². The Morgan fingerprint density at radius 1 is 1.44 bits per heavy atom. The van der Waals surface area contributed by atoms with Crippen molar-refractivity contribution in [3.8, 4) is 0 Å². The minimum Gasteiger partial charge on any atom is -0.344 e. The Hall–Kier alpha value is -1.92. The van der Waals surface area contributed by atoms with Crippen LogP contribution in [0.25, 0.3) is 0 Å². The predicted octanol–water partition coefficient (Wildman–Crippen LogP) is -0.0930. The maximum atomic E-state index is 12.0. The summed E-state index contributed by atoms with van der Waals surface area (Å²) >= 11 is 0. The Morgan fingerprint density at radius 3 is 2.50 bits per heavy atom. The van der Waals surface area contributed by atoms with E-state index in [-0.39, 0.29) is 17.9 Å². The molecule has 0 saturated carbocycles. The second-order valence-corrected chi connectivity index (χ2v) is 4.80. The van der Waals surface area contributed by atoms with Crippen molar-refractivity contribution >= 4 is 11.8 Å². The molecule has 0 aliphatic carbocycles. The van der Waals surface area contributed by atoms with Crippen LogP contribution < -0.4 is 10.6 Å². The summed E-state index contributed by atoms with van der Waals surface area (Å²) in [4.78, 5) is 23.0. The molecule has 18 heavy (non-hydrogen) atoms. The van der Waals surface area contributed by atoms with Gasteiger partial charge in [0.05, 0.1) is 6.04 Å². The number of carbonyl (C=O) groups excluding carboxylic acids is 2. The second kappa shape index (κ2) is 5.16. The molecule has 0 saturated heterocycles. The lowest BCUT2D eigenvalue weighted by atomic mass is 10.0. The molecule has 0 spiro atoms. The van der Waals surface area contributed by atoms with E-state index in [0.717, 1.165) is 0 Å². The fourth-order valence-electron chi connectivity index (χ4n) is 1.62. The summed E-state index contributed by atoms with van der Waals surface area (Å²) in [5.74, 6) is 0.136. The summed E-state index contributed by atoms with van der Waals surface area (Å²) in [6.07, 6.45) is 1.57. The molecule has 1 aromatic rings. The van der Waals surface area contributed by atoms with Crippen molar-refractivity contribution in [2.24, 2.45) is 7.05 Å². The van der Waals surface area contributed by atoms with Crippen LogP contribution in [-0.4, -0.2) is 32.1 Å². The van der Waals surface area contributed by atoms with Crippen LogP contribution in [0.5, 0.6) is 0 Å². The topological polar surface area (TPSA) is 88.9 Å². The third-order valence-electron chi connectivity index (χ3n) is 2.54. The first kappa shape index (κ1) is 14.1. The number of aromatic nitrogens is 3. The van der Waals surface area contributed by atoms with Gasteiger partial charge in [-0.25, -0.2) is 0 Å². The lowest BCUT2D eigenvalue weighted by Gasteiger charge is -2.26. The zero-order valence-electron chi connectivity index (χ0n) is 11.3. The Labute approximate surface area is 106 Å². The van der Waals surface area contributed by atoms with Crippen molar-refractivity contribution in [1.29, 1.82) is 0 Å². The minimum atomic E-state index is -0.960. The number of hydrogen-bond donors (Lipinski definition) is 2. The third-order valence-corrected chi connectivity index (χ3v) is 2.54. The monoisotopic (exact) mass is 253 g/mol. The normalized spacial score (nSPS) is 12.9. The van der Waals surface area contributed by atoms with Crippen LogP contribution in [0.3, 0.4) is 0 Å². The number of carbonyl (C=O) groups is 2. The molecule has 1 heterocycles. The number of nitrogens with zero attached hydrogens (tertiary/aromatic N) is 3. The fourth-order valence-corrected chi connectivity index (χ4v) is 1.62. The Bertz CT molecular complexity index is 452. The number of hydrogen-bond acceptors (Lipinski definition) is 4. The molecular weight excluding hydrogens is 234 g/mol. The molecule has 7 nitrogen and oxygen atoms in total. The molecule has 7 heteroatoms. The summed E-state index contributed by atoms with van der Waals surface area (Å²) in [6, 6.07) is -0.280. The first-order chi connectivity index (χ1) is 8.24. The molecule has 2 amide bonds. The van der Waals surface area contributed by atoms with Crippen molar-refractivity contribution in [2.45, 2.75) is 39.3 Å². The van der Waals surface area contributed by atoms with Gasteiger partial charge in [0.2, 0.25) is 11.8 Å². The van der Waals surface area contributed by atoms with Crippen LogP contribution in [0.2, 0.25) is 0 Å². The quantitative estimate of drug-likeness (QED) is 0.784. The summed E-state index contributed by atoms with van der Waals surface area (Å²) in [6.45, 7) is 6.48. The predicted molar refractivity (Wildman–Crippen MR) is 65.5 cm³/mol. The maximum absolute atomic E-state index is 12.0. The Morgan fingerprint density at radius 2 is 2.06 bits per heavy atom. The molecule has 0 bridgehead atoms. The molecule has 1 rings (SSSR count). The molecule has 1 aromatic heterocycles. The van der Waals surface area contributed by atoms with Gasteiger partial charge in [0.1, 0.15) is 11.9 Å². The highest BCUT2D eigenvalue weighted by Gasteiger charge is 2.30. The van der Waals surface area contributed by atoms with E-state index >= 15 is 0 Å². The van der Waals surface area contributed by atoms with Gasteiger partial charge in [-0.3, -0.25) is 9.59 Å². The van der Waals surface area contributed by atoms with Crippen LogP contribution >= 0.6 is 0 Å². The van der Waals surface area contributed by atoms with Crippen LogP contribution in [0.4, 0.5) is 0 Å². The lowest BCUT2D eigenvalue weighted by molar-refractivity contribution is -0.132. The summed E-state index contributed by atoms with van der Waals surface area (Å²) in [7, 11) is 1.80. The first-order valence-electron chi connectivity index (χ1n) is 5.67. The second-order valence-electron chi connectivity index (χ2n) is 4.80. The van der Waals surface area contributed by atoms with E-state index in [1.807, 2.05) is 6.92 Å². The van der Waals surface area contributed by atoms with E-state index < -0.39 is 5.54 Å². The van der Waals surface area contributed by atoms with Gasteiger partial charge in [0, 0.05) is 14.0 Å². The molecular formula is C11H19N5O2. The summed E-state index contributed by atoms with van der Waals surface area (Å²) < 4.78 is 1.73. The third kappa shape index (κ3) is 3.28. The van der Waals surface area contributed by atoms with Crippen LogP contribution in [0.1, 0.15) is 39.6 Å². The zero-order valence-corrected chi connectivity index (χ0v) is 11.3. The number of nitrogens with one attached hydrogen (secondary N) is 2. The number of amides is 2. The van der Waals surface area contributed by atoms with Gasteiger partial charge in [-0.15, -0.1) is 10.2 Å². The molecule has 1 unspecified atom stereocenters. The van der Waals surface area contributed by atoms with Crippen molar-refractivity contribution in [3.63, 3.8) is 0 Å². The first-order valence-corrected chi connectivity index (χ1v) is 5.67. The van der Waals surface area contributed by atoms with Gasteiger partial charge in [0.15, 0.2) is 5.82 Å². The van der Waals surface area contributed by atoms with Crippen molar-refractivity contribution in [1.82, 2.24) is 25.4 Å².